The maximum atomic E-state index is 12.7. The topological polar surface area (TPSA) is 47.6 Å². The smallest absolute Gasteiger partial charge is 0.255 e. The van der Waals surface area contributed by atoms with Crippen molar-refractivity contribution in [2.24, 2.45) is 5.92 Å². The van der Waals surface area contributed by atoms with Gasteiger partial charge in [-0.2, -0.15) is 0 Å². The molecule has 4 heteroatoms. The molecule has 0 saturated carbocycles. The van der Waals surface area contributed by atoms with Gasteiger partial charge in [-0.3, -0.25) is 4.79 Å². The Morgan fingerprint density at radius 1 is 1.20 bits per heavy atom. The summed E-state index contributed by atoms with van der Waals surface area (Å²) in [5.41, 5.74) is 4.44. The number of hydrogen-bond donors (Lipinski definition) is 1. The van der Waals surface area contributed by atoms with Crippen LogP contribution in [-0.4, -0.2) is 26.2 Å². The van der Waals surface area contributed by atoms with Crippen LogP contribution in [0, 0.1) is 5.92 Å². The van der Waals surface area contributed by atoms with Crippen LogP contribution in [0.1, 0.15) is 33.5 Å². The number of amides is 1. The third kappa shape index (κ3) is 3.21. The van der Waals surface area contributed by atoms with Crippen LogP contribution in [0.25, 0.3) is 0 Å². The second kappa shape index (κ2) is 6.79. The zero-order valence-corrected chi connectivity index (χ0v) is 14.5. The van der Waals surface area contributed by atoms with E-state index in [1.54, 1.807) is 7.11 Å². The molecule has 2 aliphatic rings. The van der Waals surface area contributed by atoms with E-state index in [2.05, 4.69) is 11.4 Å². The lowest BCUT2D eigenvalue weighted by molar-refractivity contribution is 0.0936. The minimum Gasteiger partial charge on any atom is -0.496 e. The molecule has 4 nitrogen and oxygen atoms in total. The second-order valence-corrected chi connectivity index (χ2v) is 6.87. The summed E-state index contributed by atoms with van der Waals surface area (Å²) in [6, 6.07) is 12.1. The van der Waals surface area contributed by atoms with Crippen LogP contribution in [0.2, 0.25) is 0 Å². The van der Waals surface area contributed by atoms with Crippen molar-refractivity contribution in [2.45, 2.75) is 25.7 Å². The van der Waals surface area contributed by atoms with Gasteiger partial charge in [-0.05, 0) is 60.6 Å². The average Bonchev–Trinajstić information content (AvgIpc) is 3.12. The summed E-state index contributed by atoms with van der Waals surface area (Å²) in [7, 11) is 1.62. The summed E-state index contributed by atoms with van der Waals surface area (Å²) < 4.78 is 11.2. The third-order valence-electron chi connectivity index (χ3n) is 5.17. The average molecular weight is 337 g/mol. The van der Waals surface area contributed by atoms with Crippen molar-refractivity contribution >= 4 is 5.91 Å². The monoisotopic (exact) mass is 337 g/mol. The number of carbonyl (C=O) groups excluding carboxylic acids is 1. The van der Waals surface area contributed by atoms with E-state index in [0.29, 0.717) is 30.4 Å². The minimum atomic E-state index is -0.0644. The van der Waals surface area contributed by atoms with Crippen LogP contribution in [-0.2, 0) is 19.3 Å². The van der Waals surface area contributed by atoms with E-state index < -0.39 is 0 Å². The molecule has 1 atom stereocenters. The van der Waals surface area contributed by atoms with Gasteiger partial charge in [0.05, 0.1) is 19.3 Å². The van der Waals surface area contributed by atoms with Gasteiger partial charge in [0.1, 0.15) is 11.5 Å². The van der Waals surface area contributed by atoms with Crippen LogP contribution in [0.4, 0.5) is 0 Å². The number of para-hydroxylation sites is 1. The van der Waals surface area contributed by atoms with Crippen LogP contribution in [0.15, 0.2) is 36.4 Å². The number of hydrogen-bond acceptors (Lipinski definition) is 3. The first-order chi connectivity index (χ1) is 12.2. The number of fused-ring (bicyclic) bond motifs is 2. The third-order valence-corrected chi connectivity index (χ3v) is 5.17. The van der Waals surface area contributed by atoms with Gasteiger partial charge < -0.3 is 14.8 Å². The van der Waals surface area contributed by atoms with E-state index >= 15 is 0 Å². The van der Waals surface area contributed by atoms with E-state index in [0.717, 1.165) is 31.4 Å². The maximum Gasteiger partial charge on any atom is 0.255 e. The Bertz CT molecular complexity index is 800. The largest absolute Gasteiger partial charge is 0.496 e. The highest BCUT2D eigenvalue weighted by Gasteiger charge is 2.22. The predicted molar refractivity (Wildman–Crippen MR) is 96.5 cm³/mol. The van der Waals surface area contributed by atoms with E-state index in [4.69, 9.17) is 9.47 Å². The Hall–Kier alpha value is -2.49. The van der Waals surface area contributed by atoms with Gasteiger partial charge in [0, 0.05) is 12.5 Å². The standard InChI is InChI=1S/C21H23NO3/c1-24-20-11-16-7-4-6-15(16)10-18(20)21(23)22-12-14-9-17-5-2-3-8-19(17)25-13-14/h2-3,5,8,10-11,14H,4,6-7,9,12-13H2,1H3,(H,22,23). The van der Waals surface area contributed by atoms with E-state index in [9.17, 15) is 4.79 Å². The fourth-order valence-corrected chi connectivity index (χ4v) is 3.80. The molecule has 0 radical (unpaired) electrons. The first-order valence-electron chi connectivity index (χ1n) is 8.93. The highest BCUT2D eigenvalue weighted by Crippen LogP contribution is 2.30. The van der Waals surface area contributed by atoms with Gasteiger partial charge in [0.15, 0.2) is 0 Å². The molecular formula is C21H23NO3. The lowest BCUT2D eigenvalue weighted by atomic mass is 9.96. The molecule has 1 unspecified atom stereocenters. The lowest BCUT2D eigenvalue weighted by Gasteiger charge is -2.25. The van der Waals surface area contributed by atoms with E-state index in [-0.39, 0.29) is 5.91 Å². The van der Waals surface area contributed by atoms with Crippen molar-refractivity contribution in [1.29, 1.82) is 0 Å². The molecule has 1 heterocycles. The van der Waals surface area contributed by atoms with Crippen molar-refractivity contribution in [3.63, 3.8) is 0 Å². The molecule has 0 aromatic heterocycles. The SMILES string of the molecule is COc1cc2c(cc1C(=O)NCC1COc3ccccc3C1)CCC2. The van der Waals surface area contributed by atoms with Crippen molar-refractivity contribution in [1.82, 2.24) is 5.32 Å². The second-order valence-electron chi connectivity index (χ2n) is 6.87. The normalized spacial score (nSPS) is 18.0. The molecular weight excluding hydrogens is 314 g/mol. The van der Waals surface area contributed by atoms with Crippen LogP contribution in [0.5, 0.6) is 11.5 Å². The molecule has 0 spiro atoms. The summed E-state index contributed by atoms with van der Waals surface area (Å²) in [4.78, 5) is 12.7. The van der Waals surface area contributed by atoms with Crippen LogP contribution in [0.3, 0.4) is 0 Å². The molecule has 2 aromatic rings. The Morgan fingerprint density at radius 3 is 2.84 bits per heavy atom. The Kier molecular flexibility index (Phi) is 4.35. The zero-order valence-electron chi connectivity index (χ0n) is 14.5. The highest BCUT2D eigenvalue weighted by molar-refractivity contribution is 5.97. The van der Waals surface area contributed by atoms with Crippen LogP contribution >= 0.6 is 0 Å². The van der Waals surface area contributed by atoms with Gasteiger partial charge in [-0.15, -0.1) is 0 Å². The van der Waals surface area contributed by atoms with Crippen molar-refractivity contribution < 1.29 is 14.3 Å². The van der Waals surface area contributed by atoms with E-state index in [1.807, 2.05) is 30.3 Å². The Balaban J connectivity index is 1.43. The fraction of sp³-hybridized carbons (Fsp3) is 0.381. The zero-order chi connectivity index (χ0) is 17.2. The number of rotatable bonds is 4. The number of methoxy groups -OCH3 is 1. The van der Waals surface area contributed by atoms with Gasteiger partial charge in [0.25, 0.3) is 5.91 Å². The molecule has 25 heavy (non-hydrogen) atoms. The van der Waals surface area contributed by atoms with E-state index in [1.165, 1.54) is 16.7 Å². The summed E-state index contributed by atoms with van der Waals surface area (Å²) in [5, 5.41) is 3.07. The Morgan fingerprint density at radius 2 is 2.00 bits per heavy atom. The van der Waals surface area contributed by atoms with Gasteiger partial charge in [-0.1, -0.05) is 18.2 Å². The van der Waals surface area contributed by atoms with Crippen molar-refractivity contribution in [3.8, 4) is 11.5 Å². The molecule has 130 valence electrons. The molecule has 1 aliphatic heterocycles. The summed E-state index contributed by atoms with van der Waals surface area (Å²) in [5.74, 6) is 1.86. The fourth-order valence-electron chi connectivity index (χ4n) is 3.80. The molecule has 1 N–H and O–H groups in total. The summed E-state index contributed by atoms with van der Waals surface area (Å²) >= 11 is 0. The summed E-state index contributed by atoms with van der Waals surface area (Å²) in [6.45, 7) is 1.24. The number of aryl methyl sites for hydroxylation is 2. The van der Waals surface area contributed by atoms with Gasteiger partial charge >= 0.3 is 0 Å². The van der Waals surface area contributed by atoms with Crippen molar-refractivity contribution in [3.05, 3.63) is 58.7 Å². The molecule has 1 amide bonds. The number of nitrogens with one attached hydrogen (secondary N) is 1. The van der Waals surface area contributed by atoms with Crippen LogP contribution < -0.4 is 14.8 Å². The molecule has 0 bridgehead atoms. The number of carbonyl (C=O) groups is 1. The first kappa shape index (κ1) is 16.0. The predicted octanol–water partition coefficient (Wildman–Crippen LogP) is 3.17. The summed E-state index contributed by atoms with van der Waals surface area (Å²) in [6.07, 6.45) is 4.21. The minimum absolute atomic E-state index is 0.0644. The molecule has 0 fully saturated rings. The number of ether oxygens (including phenoxy) is 2. The van der Waals surface area contributed by atoms with Crippen molar-refractivity contribution in [2.75, 3.05) is 20.3 Å². The highest BCUT2D eigenvalue weighted by atomic mass is 16.5. The number of benzene rings is 2. The molecule has 1 aliphatic carbocycles. The Labute approximate surface area is 148 Å². The molecule has 0 saturated heterocycles. The van der Waals surface area contributed by atoms with Gasteiger partial charge in [0.2, 0.25) is 0 Å². The molecule has 2 aromatic carbocycles. The first-order valence-corrected chi connectivity index (χ1v) is 8.93. The quantitative estimate of drug-likeness (QED) is 0.932. The van der Waals surface area contributed by atoms with Gasteiger partial charge in [-0.25, -0.2) is 0 Å². The molecule has 4 rings (SSSR count). The maximum absolute atomic E-state index is 12.7. The lowest BCUT2D eigenvalue weighted by Crippen LogP contribution is -2.35.